The molecule has 2 aliphatic rings. The van der Waals surface area contributed by atoms with Crippen LogP contribution in [0.3, 0.4) is 0 Å². The zero-order chi connectivity index (χ0) is 22.0. The smallest absolute Gasteiger partial charge is 0.346 e. The maximum atomic E-state index is 14.2. The van der Waals surface area contributed by atoms with Crippen molar-refractivity contribution in [2.45, 2.75) is 18.3 Å². The topological polar surface area (TPSA) is 67.1 Å². The highest BCUT2D eigenvalue weighted by Crippen LogP contribution is 2.54. The number of benzene rings is 2. The highest BCUT2D eigenvalue weighted by Gasteiger charge is 2.51. The summed E-state index contributed by atoms with van der Waals surface area (Å²) < 4.78 is 43.6. The number of hydrogen-bond acceptors (Lipinski definition) is 7. The van der Waals surface area contributed by atoms with E-state index >= 15 is 0 Å². The molecule has 0 aliphatic carbocycles. The van der Waals surface area contributed by atoms with Crippen LogP contribution >= 0.6 is 11.3 Å². The molecule has 2 aliphatic heterocycles. The van der Waals surface area contributed by atoms with Gasteiger partial charge in [-0.1, -0.05) is 0 Å². The van der Waals surface area contributed by atoms with Crippen LogP contribution in [0.15, 0.2) is 56.4 Å². The maximum Gasteiger partial charge on any atom is 0.346 e. The fraction of sp³-hybridized carbons (Fsp3) is 0.208. The number of thiophene rings is 1. The van der Waals surface area contributed by atoms with E-state index in [1.54, 1.807) is 20.3 Å². The molecule has 0 fully saturated rings. The second-order valence-electron chi connectivity index (χ2n) is 7.72. The largest absolute Gasteiger partial charge is 0.493 e. The first-order chi connectivity index (χ1) is 15.5. The highest BCUT2D eigenvalue weighted by atomic mass is 32.1. The third-order valence-corrected chi connectivity index (χ3v) is 6.69. The molecule has 4 heterocycles. The van der Waals surface area contributed by atoms with E-state index in [1.807, 2.05) is 22.9 Å². The molecule has 2 aromatic heterocycles. The molecule has 6 rings (SSSR count). The van der Waals surface area contributed by atoms with E-state index in [2.05, 4.69) is 0 Å². The van der Waals surface area contributed by atoms with Crippen LogP contribution in [0.1, 0.15) is 28.4 Å². The Bertz CT molecular complexity index is 1430. The van der Waals surface area contributed by atoms with E-state index in [9.17, 15) is 9.18 Å². The zero-order valence-electron chi connectivity index (χ0n) is 17.1. The van der Waals surface area contributed by atoms with Gasteiger partial charge in [-0.25, -0.2) is 9.18 Å². The summed E-state index contributed by atoms with van der Waals surface area (Å²) in [5, 5.41) is 4.27. The molecule has 0 saturated heterocycles. The molecule has 0 unspecified atom stereocenters. The first-order valence-electron chi connectivity index (χ1n) is 9.93. The molecule has 0 spiro atoms. The monoisotopic (exact) mass is 452 g/mol. The fourth-order valence-electron chi connectivity index (χ4n) is 4.53. The minimum Gasteiger partial charge on any atom is -0.493 e. The predicted octanol–water partition coefficient (Wildman–Crippen LogP) is 4.92. The van der Waals surface area contributed by atoms with Crippen molar-refractivity contribution in [3.63, 3.8) is 0 Å². The van der Waals surface area contributed by atoms with Crippen molar-refractivity contribution in [2.75, 3.05) is 14.2 Å². The number of methoxy groups -OCH3 is 2. The Hall–Kier alpha value is -3.36. The first-order valence-corrected chi connectivity index (χ1v) is 10.9. The Kier molecular flexibility index (Phi) is 4.12. The minimum atomic E-state index is -1.18. The van der Waals surface area contributed by atoms with Crippen LogP contribution < -0.4 is 19.8 Å². The van der Waals surface area contributed by atoms with Gasteiger partial charge in [-0.2, -0.15) is 11.3 Å². The molecular formula is C24H17FO6S. The Morgan fingerprint density at radius 1 is 1.12 bits per heavy atom. The van der Waals surface area contributed by atoms with Crippen molar-refractivity contribution in [1.82, 2.24) is 0 Å². The van der Waals surface area contributed by atoms with Gasteiger partial charge in [0.25, 0.3) is 0 Å². The highest BCUT2D eigenvalue weighted by molar-refractivity contribution is 7.08. The molecule has 2 bridgehead atoms. The predicted molar refractivity (Wildman–Crippen MR) is 115 cm³/mol. The van der Waals surface area contributed by atoms with Gasteiger partial charge >= 0.3 is 5.63 Å². The summed E-state index contributed by atoms with van der Waals surface area (Å²) >= 11 is 1.51. The maximum absolute atomic E-state index is 14.2. The number of hydrogen-bond donors (Lipinski definition) is 0. The molecule has 0 saturated carbocycles. The van der Waals surface area contributed by atoms with Crippen molar-refractivity contribution < 1.29 is 27.8 Å². The Morgan fingerprint density at radius 3 is 2.69 bits per heavy atom. The molecular weight excluding hydrogens is 435 g/mol. The number of rotatable bonds is 3. The van der Waals surface area contributed by atoms with Crippen molar-refractivity contribution in [2.24, 2.45) is 0 Å². The van der Waals surface area contributed by atoms with Crippen LogP contribution in [0.5, 0.6) is 17.2 Å². The van der Waals surface area contributed by atoms with Crippen molar-refractivity contribution >= 4 is 22.3 Å². The Morgan fingerprint density at radius 2 is 1.94 bits per heavy atom. The summed E-state index contributed by atoms with van der Waals surface area (Å²) in [4.78, 5) is 13.1. The van der Waals surface area contributed by atoms with E-state index in [0.29, 0.717) is 23.3 Å². The van der Waals surface area contributed by atoms with E-state index in [1.165, 1.54) is 29.5 Å². The van der Waals surface area contributed by atoms with E-state index < -0.39 is 23.3 Å². The SMILES string of the molecule is COc1cc2c(cc1OC)[C@@H]1O[C@](c3ccsc3)(C2)Oc2c1c(=O)oc1ccc(F)cc21. The Labute approximate surface area is 185 Å². The third-order valence-electron chi connectivity index (χ3n) is 6.00. The first kappa shape index (κ1) is 19.3. The van der Waals surface area contributed by atoms with E-state index in [0.717, 1.165) is 16.7 Å². The van der Waals surface area contributed by atoms with Crippen molar-refractivity contribution in [1.29, 1.82) is 0 Å². The molecule has 4 aromatic rings. The van der Waals surface area contributed by atoms with Crippen molar-refractivity contribution in [3.8, 4) is 17.2 Å². The molecule has 2 atom stereocenters. The van der Waals surface area contributed by atoms with Crippen molar-refractivity contribution in [3.05, 3.63) is 85.6 Å². The van der Waals surface area contributed by atoms with Crippen LogP contribution in [0.2, 0.25) is 0 Å². The molecule has 2 aromatic carbocycles. The van der Waals surface area contributed by atoms with Crippen LogP contribution in [-0.4, -0.2) is 14.2 Å². The molecule has 0 N–H and O–H groups in total. The van der Waals surface area contributed by atoms with Gasteiger partial charge in [0.2, 0.25) is 5.79 Å². The summed E-state index contributed by atoms with van der Waals surface area (Å²) in [6, 6.07) is 9.60. The van der Waals surface area contributed by atoms with E-state index in [-0.39, 0.29) is 16.9 Å². The minimum absolute atomic E-state index is 0.196. The molecule has 6 nitrogen and oxygen atoms in total. The molecule has 8 heteroatoms. The fourth-order valence-corrected chi connectivity index (χ4v) is 5.24. The second-order valence-corrected chi connectivity index (χ2v) is 8.50. The lowest BCUT2D eigenvalue weighted by atomic mass is 9.84. The zero-order valence-corrected chi connectivity index (χ0v) is 18.0. The molecule has 162 valence electrons. The lowest BCUT2D eigenvalue weighted by Crippen LogP contribution is -2.47. The number of fused-ring (bicyclic) bond motifs is 8. The lowest BCUT2D eigenvalue weighted by molar-refractivity contribution is -0.237. The van der Waals surface area contributed by atoms with Gasteiger partial charge in [0.15, 0.2) is 11.5 Å². The van der Waals surface area contributed by atoms with Crippen LogP contribution in [-0.2, 0) is 16.9 Å². The molecule has 32 heavy (non-hydrogen) atoms. The average molecular weight is 452 g/mol. The Balaban J connectivity index is 1.69. The number of ether oxygens (including phenoxy) is 4. The number of halogens is 1. The quantitative estimate of drug-likeness (QED) is 0.411. The lowest BCUT2D eigenvalue weighted by Gasteiger charge is -2.46. The van der Waals surface area contributed by atoms with Gasteiger partial charge in [0.1, 0.15) is 28.8 Å². The summed E-state index contributed by atoms with van der Waals surface area (Å²) in [6.45, 7) is 0. The standard InChI is InChI=1S/C24H17FO6S/c1-27-18-7-12-10-24(13-5-6-32-11-13)30-21(15(12)9-19(18)28-2)20-22(31-24)16-8-14(25)3-4-17(16)29-23(20)26/h3-9,11,21H,10H2,1-2H3/t21-,24+/m0/s1. The normalized spacial score (nSPS) is 20.9. The summed E-state index contributed by atoms with van der Waals surface area (Å²) in [5.41, 5.74) is 2.32. The summed E-state index contributed by atoms with van der Waals surface area (Å²) in [6.07, 6.45) is -0.419. The van der Waals surface area contributed by atoms with Gasteiger partial charge in [-0.3, -0.25) is 0 Å². The van der Waals surface area contributed by atoms with Crippen LogP contribution in [0.25, 0.3) is 11.0 Å². The van der Waals surface area contributed by atoms with Crippen LogP contribution in [0, 0.1) is 5.82 Å². The van der Waals surface area contributed by atoms with Gasteiger partial charge in [0.05, 0.1) is 19.6 Å². The average Bonchev–Trinajstić information content (AvgIpc) is 3.34. The molecule has 0 radical (unpaired) electrons. The third kappa shape index (κ3) is 2.63. The van der Waals surface area contributed by atoms with Crippen LogP contribution in [0.4, 0.5) is 4.39 Å². The second kappa shape index (κ2) is 6.82. The van der Waals surface area contributed by atoms with E-state index in [4.69, 9.17) is 23.4 Å². The summed E-state index contributed by atoms with van der Waals surface area (Å²) in [7, 11) is 3.12. The van der Waals surface area contributed by atoms with Gasteiger partial charge in [0, 0.05) is 17.4 Å². The van der Waals surface area contributed by atoms with Gasteiger partial charge < -0.3 is 23.4 Å². The van der Waals surface area contributed by atoms with Gasteiger partial charge in [-0.15, -0.1) is 0 Å². The summed E-state index contributed by atoms with van der Waals surface area (Å²) in [5.74, 6) is -0.275. The van der Waals surface area contributed by atoms with Gasteiger partial charge in [-0.05, 0) is 52.9 Å². The molecule has 0 amide bonds.